The van der Waals surface area contributed by atoms with E-state index < -0.39 is 17.7 Å². The fourth-order valence-corrected chi connectivity index (χ4v) is 3.54. The van der Waals surface area contributed by atoms with Crippen LogP contribution >= 0.6 is 11.6 Å². The van der Waals surface area contributed by atoms with E-state index in [2.05, 4.69) is 0 Å². The zero-order valence-electron chi connectivity index (χ0n) is 16.7. The Morgan fingerprint density at radius 2 is 2.00 bits per heavy atom. The van der Waals surface area contributed by atoms with Gasteiger partial charge in [-0.1, -0.05) is 11.6 Å². The minimum atomic E-state index is -0.815. The standard InChI is InChI=1S/C21H23ClN2O5/c1-12-5-7-16(29-12)18-17(20(26)21(27)24(18)10-9-23(2)3)19(25)13-6-8-15(28-4)14(22)11-13/h5-8,11,18,25H,9-10H2,1-4H3/t18-/m0/s1. The highest BCUT2D eigenvalue weighted by atomic mass is 35.5. The topological polar surface area (TPSA) is 83.2 Å². The van der Waals surface area contributed by atoms with Gasteiger partial charge in [-0.3, -0.25) is 9.59 Å². The minimum absolute atomic E-state index is 0.0238. The molecule has 1 fully saturated rings. The summed E-state index contributed by atoms with van der Waals surface area (Å²) in [5.74, 6) is -0.237. The second kappa shape index (κ2) is 8.31. The average molecular weight is 419 g/mol. The fraction of sp³-hybridized carbons (Fsp3) is 0.333. The number of rotatable bonds is 6. The van der Waals surface area contributed by atoms with Crippen molar-refractivity contribution < 1.29 is 23.8 Å². The average Bonchev–Trinajstić information content (AvgIpc) is 3.21. The number of aryl methyl sites for hydroxylation is 1. The first kappa shape index (κ1) is 21.0. The van der Waals surface area contributed by atoms with Crippen molar-refractivity contribution >= 4 is 29.1 Å². The molecule has 1 saturated heterocycles. The van der Waals surface area contributed by atoms with Gasteiger partial charge in [-0.2, -0.15) is 0 Å². The Labute approximate surface area is 174 Å². The summed E-state index contributed by atoms with van der Waals surface area (Å²) in [7, 11) is 5.24. The maximum atomic E-state index is 12.9. The number of Topliss-reactive ketones (excluding diaryl/α,β-unsaturated/α-hetero) is 1. The van der Waals surface area contributed by atoms with Crippen LogP contribution in [0.4, 0.5) is 0 Å². The quantitative estimate of drug-likeness (QED) is 0.440. The van der Waals surface area contributed by atoms with Gasteiger partial charge >= 0.3 is 0 Å². The molecule has 0 saturated carbocycles. The van der Waals surface area contributed by atoms with Crippen LogP contribution in [0.2, 0.25) is 5.02 Å². The number of aliphatic hydroxyl groups is 1. The van der Waals surface area contributed by atoms with Crippen LogP contribution in [-0.2, 0) is 9.59 Å². The molecule has 0 radical (unpaired) electrons. The summed E-state index contributed by atoms with van der Waals surface area (Å²) in [6.45, 7) is 2.64. The number of aliphatic hydroxyl groups excluding tert-OH is 1. The summed E-state index contributed by atoms with van der Waals surface area (Å²) in [5.41, 5.74) is 0.291. The summed E-state index contributed by atoms with van der Waals surface area (Å²) in [6.07, 6.45) is 0. The highest BCUT2D eigenvalue weighted by molar-refractivity contribution is 6.46. The third-order valence-electron chi connectivity index (χ3n) is 4.78. The smallest absolute Gasteiger partial charge is 0.295 e. The van der Waals surface area contributed by atoms with E-state index >= 15 is 0 Å². The predicted molar refractivity (Wildman–Crippen MR) is 109 cm³/mol. The lowest BCUT2D eigenvalue weighted by atomic mass is 9.99. The largest absolute Gasteiger partial charge is 0.507 e. The fourth-order valence-electron chi connectivity index (χ4n) is 3.28. The second-order valence-corrected chi connectivity index (χ2v) is 7.50. The van der Waals surface area contributed by atoms with Gasteiger partial charge in [-0.05, 0) is 51.4 Å². The van der Waals surface area contributed by atoms with Gasteiger partial charge in [0.2, 0.25) is 0 Å². The van der Waals surface area contributed by atoms with Crippen molar-refractivity contribution in [2.24, 2.45) is 0 Å². The molecule has 7 nitrogen and oxygen atoms in total. The van der Waals surface area contributed by atoms with E-state index in [0.717, 1.165) is 0 Å². The number of carbonyl (C=O) groups excluding carboxylic acids is 2. The van der Waals surface area contributed by atoms with Gasteiger partial charge < -0.3 is 24.1 Å². The third-order valence-corrected chi connectivity index (χ3v) is 5.08. The van der Waals surface area contributed by atoms with Crippen LogP contribution in [0.3, 0.4) is 0 Å². The number of amides is 1. The summed E-state index contributed by atoms with van der Waals surface area (Å²) >= 11 is 6.17. The van der Waals surface area contributed by atoms with Crippen molar-refractivity contribution in [2.75, 3.05) is 34.3 Å². The number of carbonyl (C=O) groups is 2. The molecule has 1 N–H and O–H groups in total. The van der Waals surface area contributed by atoms with E-state index in [-0.39, 0.29) is 16.4 Å². The van der Waals surface area contributed by atoms with E-state index in [1.54, 1.807) is 31.2 Å². The molecule has 154 valence electrons. The molecule has 29 heavy (non-hydrogen) atoms. The van der Waals surface area contributed by atoms with Crippen molar-refractivity contribution in [3.8, 4) is 5.75 Å². The van der Waals surface area contributed by atoms with Crippen LogP contribution in [0, 0.1) is 6.92 Å². The zero-order valence-corrected chi connectivity index (χ0v) is 17.5. The van der Waals surface area contributed by atoms with E-state index in [1.807, 2.05) is 19.0 Å². The lowest BCUT2D eigenvalue weighted by Gasteiger charge is -2.24. The molecular weight excluding hydrogens is 396 g/mol. The lowest BCUT2D eigenvalue weighted by Crippen LogP contribution is -2.35. The number of hydrogen-bond donors (Lipinski definition) is 1. The van der Waals surface area contributed by atoms with Crippen LogP contribution < -0.4 is 4.74 Å². The summed E-state index contributed by atoms with van der Waals surface area (Å²) in [6, 6.07) is 7.31. The number of furan rings is 1. The van der Waals surface area contributed by atoms with Gasteiger partial charge in [0.15, 0.2) is 0 Å². The van der Waals surface area contributed by atoms with Crippen LogP contribution in [-0.4, -0.2) is 60.9 Å². The predicted octanol–water partition coefficient (Wildman–Crippen LogP) is 3.23. The summed E-state index contributed by atoms with van der Waals surface area (Å²) in [5, 5.41) is 11.2. The monoisotopic (exact) mass is 418 g/mol. The molecule has 2 aromatic rings. The van der Waals surface area contributed by atoms with E-state index in [4.69, 9.17) is 20.8 Å². The Balaban J connectivity index is 2.13. The number of ether oxygens (including phenoxy) is 1. The number of ketones is 1. The Morgan fingerprint density at radius 1 is 1.28 bits per heavy atom. The van der Waals surface area contributed by atoms with E-state index in [9.17, 15) is 14.7 Å². The van der Waals surface area contributed by atoms with Gasteiger partial charge in [0.25, 0.3) is 11.7 Å². The number of likely N-dealkylation sites (tertiary alicyclic amines) is 1. The van der Waals surface area contributed by atoms with Gasteiger partial charge in [0.1, 0.15) is 29.1 Å². The van der Waals surface area contributed by atoms with Crippen molar-refractivity contribution in [1.29, 1.82) is 0 Å². The molecule has 3 rings (SSSR count). The molecule has 1 aliphatic rings. The van der Waals surface area contributed by atoms with Crippen LogP contribution in [0.1, 0.15) is 23.1 Å². The number of methoxy groups -OCH3 is 1. The molecule has 1 atom stereocenters. The molecule has 0 bridgehead atoms. The maximum absolute atomic E-state index is 12.9. The van der Waals surface area contributed by atoms with E-state index in [1.165, 1.54) is 18.1 Å². The molecule has 0 unspecified atom stereocenters. The molecule has 8 heteroatoms. The van der Waals surface area contributed by atoms with Gasteiger partial charge in [-0.25, -0.2) is 0 Å². The van der Waals surface area contributed by atoms with Gasteiger partial charge in [0.05, 0.1) is 17.7 Å². The second-order valence-electron chi connectivity index (χ2n) is 7.09. The van der Waals surface area contributed by atoms with Gasteiger partial charge in [0, 0.05) is 18.7 Å². The highest BCUT2D eigenvalue weighted by Crippen LogP contribution is 2.40. The van der Waals surface area contributed by atoms with Gasteiger partial charge in [-0.15, -0.1) is 0 Å². The molecule has 1 aromatic carbocycles. The number of likely N-dealkylation sites (N-methyl/N-ethyl adjacent to an activating group) is 1. The Bertz CT molecular complexity index is 979. The molecule has 2 heterocycles. The number of benzene rings is 1. The van der Waals surface area contributed by atoms with E-state index in [0.29, 0.717) is 35.9 Å². The molecule has 1 aliphatic heterocycles. The Morgan fingerprint density at radius 3 is 2.55 bits per heavy atom. The van der Waals surface area contributed by atoms with Crippen molar-refractivity contribution in [3.63, 3.8) is 0 Å². The highest BCUT2D eigenvalue weighted by Gasteiger charge is 2.47. The zero-order chi connectivity index (χ0) is 21.3. The first-order valence-corrected chi connectivity index (χ1v) is 9.45. The van der Waals surface area contributed by atoms with Crippen LogP contribution in [0.5, 0.6) is 5.75 Å². The molecular formula is C21H23ClN2O5. The SMILES string of the molecule is COc1ccc(C(O)=C2C(=O)C(=O)N(CCN(C)C)[C@H]2c2ccc(C)o2)cc1Cl. The number of halogens is 1. The van der Waals surface area contributed by atoms with Crippen LogP contribution in [0.15, 0.2) is 40.3 Å². The maximum Gasteiger partial charge on any atom is 0.295 e. The summed E-state index contributed by atoms with van der Waals surface area (Å²) in [4.78, 5) is 28.9. The normalized spacial score (nSPS) is 18.7. The van der Waals surface area contributed by atoms with Crippen molar-refractivity contribution in [2.45, 2.75) is 13.0 Å². The van der Waals surface area contributed by atoms with Crippen LogP contribution in [0.25, 0.3) is 5.76 Å². The summed E-state index contributed by atoms with van der Waals surface area (Å²) < 4.78 is 10.9. The Hall–Kier alpha value is -2.77. The number of nitrogens with zero attached hydrogens (tertiary/aromatic N) is 2. The molecule has 0 spiro atoms. The minimum Gasteiger partial charge on any atom is -0.507 e. The first-order valence-electron chi connectivity index (χ1n) is 9.08. The van der Waals surface area contributed by atoms with Crippen molar-refractivity contribution in [3.05, 3.63) is 58.0 Å². The Kier molecular flexibility index (Phi) is 6.00. The molecule has 1 amide bonds. The van der Waals surface area contributed by atoms with Crippen molar-refractivity contribution in [1.82, 2.24) is 9.80 Å². The lowest BCUT2D eigenvalue weighted by molar-refractivity contribution is -0.140. The molecule has 0 aliphatic carbocycles. The number of hydrogen-bond acceptors (Lipinski definition) is 6. The molecule has 1 aromatic heterocycles. The first-order chi connectivity index (χ1) is 13.7. The third kappa shape index (κ3) is 4.02.